The van der Waals surface area contributed by atoms with Crippen LogP contribution in [0.4, 0.5) is 0 Å². The van der Waals surface area contributed by atoms with Gasteiger partial charge in [0.25, 0.3) is 0 Å². The van der Waals surface area contributed by atoms with Gasteiger partial charge in [-0.05, 0) is 0 Å². The SMILES string of the molecule is CCCCCCC[C]1([Hf]([CH3])([CH3])[C]2(C)C(C)=C(C)C(C)=C2C)C=Cc2cc3c(cc21)CC(C)(C)C3. The first kappa shape index (κ1) is 26.4. The summed E-state index contributed by atoms with van der Waals surface area (Å²) in [7, 11) is 0. The molecule has 4 rings (SSSR count). The summed E-state index contributed by atoms with van der Waals surface area (Å²) in [5.41, 5.74) is 13.5. The molecule has 0 N–H and O–H groups in total. The summed E-state index contributed by atoms with van der Waals surface area (Å²) >= 11 is -3.10. The predicted octanol–water partition coefficient (Wildman–Crippen LogP) is 10.5. The number of allylic oxidation sites excluding steroid dienone is 5. The van der Waals surface area contributed by atoms with Gasteiger partial charge in [0.1, 0.15) is 0 Å². The van der Waals surface area contributed by atoms with Crippen LogP contribution in [0, 0.1) is 5.41 Å². The maximum atomic E-state index is 2.81. The quantitative estimate of drug-likeness (QED) is 0.199. The van der Waals surface area contributed by atoms with Crippen molar-refractivity contribution < 1.29 is 20.0 Å². The van der Waals surface area contributed by atoms with E-state index in [-0.39, 0.29) is 3.17 Å². The Hall–Kier alpha value is -0.690. The molecule has 0 aliphatic heterocycles. The van der Waals surface area contributed by atoms with Gasteiger partial charge < -0.3 is 0 Å². The fourth-order valence-electron chi connectivity index (χ4n) is 8.04. The number of fused-ring (bicyclic) bond motifs is 2. The Balaban J connectivity index is 1.84. The van der Waals surface area contributed by atoms with Crippen molar-refractivity contribution in [2.45, 2.75) is 122 Å². The van der Waals surface area contributed by atoms with Crippen LogP contribution < -0.4 is 0 Å². The van der Waals surface area contributed by atoms with Crippen molar-refractivity contribution in [1.29, 1.82) is 0 Å². The summed E-state index contributed by atoms with van der Waals surface area (Å²) in [4.78, 5) is 0. The van der Waals surface area contributed by atoms with Crippen LogP contribution in [0.15, 0.2) is 40.5 Å². The zero-order valence-electron chi connectivity index (χ0n) is 24.0. The van der Waals surface area contributed by atoms with Crippen molar-refractivity contribution in [1.82, 2.24) is 0 Å². The number of unbranched alkanes of at least 4 members (excludes halogenated alkanes) is 4. The molecule has 0 spiro atoms. The molecule has 1 aromatic rings. The molecule has 1 atom stereocenters. The number of rotatable bonds is 8. The van der Waals surface area contributed by atoms with E-state index in [0.717, 1.165) is 0 Å². The molecule has 3 aliphatic carbocycles. The molecular formula is C33H50Hf. The summed E-state index contributed by atoms with van der Waals surface area (Å²) in [5, 5.41) is 0. The van der Waals surface area contributed by atoms with Gasteiger partial charge in [-0.3, -0.25) is 0 Å². The first-order chi connectivity index (χ1) is 15.8. The van der Waals surface area contributed by atoms with Crippen LogP contribution in [0.5, 0.6) is 0 Å². The molecule has 1 heteroatoms. The minimum absolute atomic E-state index is 0.287. The molecule has 0 bridgehead atoms. The van der Waals surface area contributed by atoms with Gasteiger partial charge in [0.15, 0.2) is 0 Å². The molecule has 3 aliphatic rings. The van der Waals surface area contributed by atoms with Gasteiger partial charge in [0.2, 0.25) is 0 Å². The number of benzene rings is 1. The van der Waals surface area contributed by atoms with Crippen LogP contribution in [0.3, 0.4) is 0 Å². The zero-order chi connectivity index (χ0) is 25.1. The van der Waals surface area contributed by atoms with E-state index < -0.39 is 20.0 Å². The van der Waals surface area contributed by atoms with Crippen LogP contribution in [-0.4, -0.2) is 0 Å². The predicted molar refractivity (Wildman–Crippen MR) is 149 cm³/mol. The van der Waals surface area contributed by atoms with E-state index in [0.29, 0.717) is 8.59 Å². The van der Waals surface area contributed by atoms with Crippen LogP contribution >= 0.6 is 0 Å². The molecule has 186 valence electrons. The van der Waals surface area contributed by atoms with E-state index in [1.165, 1.54) is 51.4 Å². The molecule has 0 amide bonds. The van der Waals surface area contributed by atoms with Gasteiger partial charge in [-0.15, -0.1) is 0 Å². The first-order valence-electron chi connectivity index (χ1n) is 14.0. The van der Waals surface area contributed by atoms with Crippen molar-refractivity contribution >= 4 is 6.08 Å². The van der Waals surface area contributed by atoms with Crippen molar-refractivity contribution in [2.24, 2.45) is 5.41 Å². The van der Waals surface area contributed by atoms with E-state index in [9.17, 15) is 0 Å². The Kier molecular flexibility index (Phi) is 6.99. The third-order valence-corrected chi connectivity index (χ3v) is 33.1. The van der Waals surface area contributed by atoms with Gasteiger partial charge in [-0.25, -0.2) is 0 Å². The summed E-state index contributed by atoms with van der Waals surface area (Å²) in [6.45, 7) is 19.6. The van der Waals surface area contributed by atoms with Gasteiger partial charge in [0, 0.05) is 0 Å². The molecule has 0 fully saturated rings. The average molecular weight is 625 g/mol. The van der Waals surface area contributed by atoms with Crippen LogP contribution in [-0.2, 0) is 36.0 Å². The Morgan fingerprint density at radius 3 is 1.94 bits per heavy atom. The van der Waals surface area contributed by atoms with Crippen molar-refractivity contribution in [3.05, 3.63) is 62.8 Å². The molecule has 0 nitrogen and oxygen atoms in total. The second-order valence-electron chi connectivity index (χ2n) is 13.4. The summed E-state index contributed by atoms with van der Waals surface area (Å²) in [6.07, 6.45) is 16.0. The Morgan fingerprint density at radius 1 is 0.794 bits per heavy atom. The zero-order valence-corrected chi connectivity index (χ0v) is 27.6. The second kappa shape index (κ2) is 9.00. The Morgan fingerprint density at radius 2 is 1.35 bits per heavy atom. The summed E-state index contributed by atoms with van der Waals surface area (Å²) < 4.78 is 6.20. The maximum absolute atomic E-state index is 3.10. The first-order valence-corrected chi connectivity index (χ1v) is 24.8. The third-order valence-electron chi connectivity index (χ3n) is 11.0. The molecule has 0 aromatic heterocycles. The minimum atomic E-state index is -3.10. The molecule has 1 aromatic carbocycles. The van der Waals surface area contributed by atoms with E-state index in [1.54, 1.807) is 44.5 Å². The van der Waals surface area contributed by atoms with E-state index in [1.807, 2.05) is 0 Å². The van der Waals surface area contributed by atoms with Crippen molar-refractivity contribution in [3.63, 3.8) is 0 Å². The van der Waals surface area contributed by atoms with E-state index >= 15 is 0 Å². The van der Waals surface area contributed by atoms with Gasteiger partial charge in [-0.2, -0.15) is 0 Å². The number of hydrogen-bond donors (Lipinski definition) is 0. The fourth-order valence-corrected chi connectivity index (χ4v) is 27.2. The van der Waals surface area contributed by atoms with Crippen LogP contribution in [0.1, 0.15) is 116 Å². The molecular weight excluding hydrogens is 575 g/mol. The van der Waals surface area contributed by atoms with Gasteiger partial charge in [-0.1, -0.05) is 0 Å². The topological polar surface area (TPSA) is 0 Å². The Labute approximate surface area is 215 Å². The summed E-state index contributed by atoms with van der Waals surface area (Å²) in [6, 6.07) is 5.31. The van der Waals surface area contributed by atoms with Gasteiger partial charge >= 0.3 is 217 Å². The van der Waals surface area contributed by atoms with Crippen molar-refractivity contribution in [2.75, 3.05) is 0 Å². The van der Waals surface area contributed by atoms with E-state index in [2.05, 4.69) is 89.0 Å². The normalized spacial score (nSPS) is 24.9. The van der Waals surface area contributed by atoms with Crippen LogP contribution in [0.2, 0.25) is 12.5 Å². The Bertz CT molecular complexity index is 1050. The molecule has 0 radical (unpaired) electrons. The molecule has 0 heterocycles. The molecule has 0 saturated heterocycles. The second-order valence-corrected chi connectivity index (χ2v) is 31.9. The van der Waals surface area contributed by atoms with Crippen LogP contribution in [0.25, 0.3) is 6.08 Å². The number of hydrogen-bond acceptors (Lipinski definition) is 0. The van der Waals surface area contributed by atoms with E-state index in [4.69, 9.17) is 0 Å². The summed E-state index contributed by atoms with van der Waals surface area (Å²) in [5.74, 6) is 0. The van der Waals surface area contributed by atoms with Crippen molar-refractivity contribution in [3.8, 4) is 0 Å². The molecule has 0 saturated carbocycles. The molecule has 34 heavy (non-hydrogen) atoms. The fraction of sp³-hybridized carbons (Fsp3) is 0.636. The average Bonchev–Trinajstić information content (AvgIpc) is 3.34. The third kappa shape index (κ3) is 3.77. The standard InChI is InChI=1S/C21H29.C10H15.2CH3.Hf/c1-4-5-6-7-8-9-16-10-11-17-12-18-14-21(2,3)15-19(18)13-20(16)17;1-6-7(2)9(4)10(5)8(6)3;;;/h10-13H,4-9,14-15H2,1-3H3;1-5H3;2*1H3;. The van der Waals surface area contributed by atoms with Gasteiger partial charge in [0.05, 0.1) is 0 Å². The molecule has 1 unspecified atom stereocenters. The monoisotopic (exact) mass is 626 g/mol.